The zero-order chi connectivity index (χ0) is 13.9. The van der Waals surface area contributed by atoms with Gasteiger partial charge in [-0.05, 0) is 56.5 Å². The van der Waals surface area contributed by atoms with E-state index < -0.39 is 0 Å². The van der Waals surface area contributed by atoms with Crippen LogP contribution in [0.3, 0.4) is 0 Å². The van der Waals surface area contributed by atoms with E-state index >= 15 is 0 Å². The zero-order valence-electron chi connectivity index (χ0n) is 12.2. The van der Waals surface area contributed by atoms with Gasteiger partial charge in [0, 0.05) is 18.9 Å². The number of hydrogen-bond acceptors (Lipinski definition) is 3. The lowest BCUT2D eigenvalue weighted by molar-refractivity contribution is -0.122. The predicted molar refractivity (Wildman–Crippen MR) is 79.2 cm³/mol. The average molecular weight is 273 g/mol. The molecule has 1 aromatic rings. The molecule has 0 bridgehead atoms. The highest BCUT2D eigenvalue weighted by molar-refractivity contribution is 5.78. The number of rotatable bonds is 4. The van der Waals surface area contributed by atoms with Gasteiger partial charge in [-0.15, -0.1) is 0 Å². The van der Waals surface area contributed by atoms with Gasteiger partial charge in [-0.2, -0.15) is 0 Å². The van der Waals surface area contributed by atoms with Crippen LogP contribution in [0.4, 0.5) is 0 Å². The lowest BCUT2D eigenvalue weighted by Crippen LogP contribution is -2.36. The monoisotopic (exact) mass is 273 g/mol. The van der Waals surface area contributed by atoms with Crippen molar-refractivity contribution in [3.8, 4) is 5.75 Å². The molecule has 0 spiro atoms. The number of benzene rings is 1. The van der Waals surface area contributed by atoms with Crippen LogP contribution in [0.1, 0.15) is 30.9 Å². The van der Waals surface area contributed by atoms with Crippen LogP contribution >= 0.6 is 0 Å². The lowest BCUT2D eigenvalue weighted by atomic mass is 9.93. The highest BCUT2D eigenvalue weighted by atomic mass is 16.5. The Balaban J connectivity index is 1.49. The van der Waals surface area contributed by atoms with E-state index in [1.807, 2.05) is 0 Å². The molecule has 20 heavy (non-hydrogen) atoms. The first-order valence-electron chi connectivity index (χ1n) is 7.70. The fourth-order valence-electron chi connectivity index (χ4n) is 3.25. The van der Waals surface area contributed by atoms with Crippen molar-refractivity contribution in [2.45, 2.75) is 32.6 Å². The van der Waals surface area contributed by atoms with Crippen LogP contribution in [-0.2, 0) is 17.6 Å². The van der Waals surface area contributed by atoms with Gasteiger partial charge in [-0.25, -0.2) is 0 Å². The minimum absolute atomic E-state index is 0.309. The van der Waals surface area contributed by atoms with Crippen molar-refractivity contribution in [2.24, 2.45) is 5.92 Å². The van der Waals surface area contributed by atoms with Crippen LogP contribution < -0.4 is 4.74 Å². The van der Waals surface area contributed by atoms with Crippen molar-refractivity contribution in [3.05, 3.63) is 29.3 Å². The van der Waals surface area contributed by atoms with Gasteiger partial charge in [0.15, 0.2) is 0 Å². The van der Waals surface area contributed by atoms with E-state index in [0.29, 0.717) is 11.7 Å². The molecule has 2 aliphatic heterocycles. The Morgan fingerprint density at radius 1 is 1.35 bits per heavy atom. The third-order valence-electron chi connectivity index (χ3n) is 4.63. The first-order valence-corrected chi connectivity index (χ1v) is 7.70. The third kappa shape index (κ3) is 3.04. The first-order chi connectivity index (χ1) is 9.72. The number of hydrogen-bond donors (Lipinski definition) is 0. The largest absolute Gasteiger partial charge is 0.493 e. The number of nitrogens with zero attached hydrogens (tertiary/aromatic N) is 1. The molecule has 108 valence electrons. The summed E-state index contributed by atoms with van der Waals surface area (Å²) in [5.74, 6) is 1.74. The second kappa shape index (κ2) is 5.96. The maximum atomic E-state index is 11.4. The molecule has 2 aliphatic rings. The van der Waals surface area contributed by atoms with Crippen molar-refractivity contribution in [1.82, 2.24) is 4.90 Å². The number of Topliss-reactive ketones (excluding diaryl/α,β-unsaturated/α-hetero) is 1. The number of fused-ring (bicyclic) bond motifs is 1. The molecule has 1 fully saturated rings. The molecule has 0 radical (unpaired) electrons. The molecule has 0 aliphatic carbocycles. The maximum absolute atomic E-state index is 11.4. The van der Waals surface area contributed by atoms with E-state index in [4.69, 9.17) is 4.74 Å². The molecular weight excluding hydrogens is 250 g/mol. The second-order valence-corrected chi connectivity index (χ2v) is 6.02. The summed E-state index contributed by atoms with van der Waals surface area (Å²) >= 11 is 0. The summed E-state index contributed by atoms with van der Waals surface area (Å²) in [6.07, 6.45) is 4.21. The van der Waals surface area contributed by atoms with Gasteiger partial charge < -0.3 is 9.64 Å². The summed E-state index contributed by atoms with van der Waals surface area (Å²) in [6.45, 7) is 5.80. The quantitative estimate of drug-likeness (QED) is 0.844. The smallest absolute Gasteiger partial charge is 0.133 e. The summed E-state index contributed by atoms with van der Waals surface area (Å²) in [5.41, 5.74) is 2.76. The minimum atomic E-state index is 0.309. The maximum Gasteiger partial charge on any atom is 0.133 e. The summed E-state index contributed by atoms with van der Waals surface area (Å²) in [6, 6.07) is 6.59. The molecule has 3 nitrogen and oxygen atoms in total. The van der Waals surface area contributed by atoms with Gasteiger partial charge in [-0.3, -0.25) is 4.79 Å². The number of carbonyl (C=O) groups excluding carboxylic acids is 1. The van der Waals surface area contributed by atoms with Crippen molar-refractivity contribution >= 4 is 5.78 Å². The van der Waals surface area contributed by atoms with E-state index in [1.165, 1.54) is 11.1 Å². The SMILES string of the molecule is CC(=O)C1CCN(CCc2ccc3c(c2)CCO3)CC1. The van der Waals surface area contributed by atoms with E-state index in [2.05, 4.69) is 23.1 Å². The molecule has 1 aromatic carbocycles. The number of ether oxygens (including phenoxy) is 1. The Morgan fingerprint density at radius 2 is 2.15 bits per heavy atom. The van der Waals surface area contributed by atoms with Crippen molar-refractivity contribution < 1.29 is 9.53 Å². The van der Waals surface area contributed by atoms with Crippen LogP contribution in [0.25, 0.3) is 0 Å². The summed E-state index contributed by atoms with van der Waals surface area (Å²) in [4.78, 5) is 13.9. The molecule has 0 N–H and O–H groups in total. The van der Waals surface area contributed by atoms with Crippen molar-refractivity contribution in [3.63, 3.8) is 0 Å². The minimum Gasteiger partial charge on any atom is -0.493 e. The van der Waals surface area contributed by atoms with E-state index in [-0.39, 0.29) is 0 Å². The topological polar surface area (TPSA) is 29.5 Å². The third-order valence-corrected chi connectivity index (χ3v) is 4.63. The molecule has 0 atom stereocenters. The van der Waals surface area contributed by atoms with Crippen LogP contribution in [0.2, 0.25) is 0 Å². The Bertz CT molecular complexity index is 490. The van der Waals surface area contributed by atoms with Crippen LogP contribution in [-0.4, -0.2) is 36.9 Å². The summed E-state index contributed by atoms with van der Waals surface area (Å²) < 4.78 is 5.54. The highest BCUT2D eigenvalue weighted by Gasteiger charge is 2.22. The number of ketones is 1. The van der Waals surface area contributed by atoms with Gasteiger partial charge in [0.2, 0.25) is 0 Å². The van der Waals surface area contributed by atoms with Gasteiger partial charge >= 0.3 is 0 Å². The summed E-state index contributed by atoms with van der Waals surface area (Å²) in [7, 11) is 0. The molecule has 0 aromatic heterocycles. The van der Waals surface area contributed by atoms with Crippen molar-refractivity contribution in [2.75, 3.05) is 26.2 Å². The predicted octanol–water partition coefficient (Wildman–Crippen LogP) is 2.47. The summed E-state index contributed by atoms with van der Waals surface area (Å²) in [5, 5.41) is 0. The Hall–Kier alpha value is -1.35. The van der Waals surface area contributed by atoms with Gasteiger partial charge in [-0.1, -0.05) is 12.1 Å². The highest BCUT2D eigenvalue weighted by Crippen LogP contribution is 2.26. The molecule has 0 saturated carbocycles. The fraction of sp³-hybridized carbons (Fsp3) is 0.588. The molecule has 1 saturated heterocycles. The number of likely N-dealkylation sites (tertiary alicyclic amines) is 1. The standard InChI is InChI=1S/C17H23NO2/c1-13(19)15-5-9-18(10-6-15)8-4-14-2-3-17-16(12-14)7-11-20-17/h2-3,12,15H,4-11H2,1H3. The second-order valence-electron chi connectivity index (χ2n) is 6.02. The number of piperidine rings is 1. The van der Waals surface area contributed by atoms with Gasteiger partial charge in [0.1, 0.15) is 11.5 Å². The van der Waals surface area contributed by atoms with E-state index in [0.717, 1.165) is 57.7 Å². The lowest BCUT2D eigenvalue weighted by Gasteiger charge is -2.30. The van der Waals surface area contributed by atoms with Crippen LogP contribution in [0.15, 0.2) is 18.2 Å². The van der Waals surface area contributed by atoms with E-state index in [9.17, 15) is 4.79 Å². The van der Waals surface area contributed by atoms with Gasteiger partial charge in [0.25, 0.3) is 0 Å². The fourth-order valence-corrected chi connectivity index (χ4v) is 3.25. The average Bonchev–Trinajstić information content (AvgIpc) is 2.93. The first kappa shape index (κ1) is 13.6. The molecule has 3 heteroatoms. The van der Waals surface area contributed by atoms with Crippen molar-refractivity contribution in [1.29, 1.82) is 0 Å². The normalized spacial score (nSPS) is 19.6. The molecule has 3 rings (SSSR count). The Morgan fingerprint density at radius 3 is 2.90 bits per heavy atom. The van der Waals surface area contributed by atoms with E-state index in [1.54, 1.807) is 6.92 Å². The molecule has 0 amide bonds. The Kier molecular flexibility index (Phi) is 4.06. The zero-order valence-corrected chi connectivity index (χ0v) is 12.2. The van der Waals surface area contributed by atoms with Crippen LogP contribution in [0.5, 0.6) is 5.75 Å². The Labute approximate surface area is 120 Å². The molecular formula is C17H23NO2. The van der Waals surface area contributed by atoms with Crippen LogP contribution in [0, 0.1) is 5.92 Å². The van der Waals surface area contributed by atoms with Gasteiger partial charge in [0.05, 0.1) is 6.61 Å². The molecule has 2 heterocycles. The molecule has 0 unspecified atom stereocenters. The number of carbonyl (C=O) groups is 1.